The van der Waals surface area contributed by atoms with Crippen LogP contribution in [0.4, 0.5) is 5.69 Å². The molecule has 1 spiro atoms. The summed E-state index contributed by atoms with van der Waals surface area (Å²) in [5.41, 5.74) is 2.21. The van der Waals surface area contributed by atoms with Crippen LogP contribution in [0.25, 0.3) is 0 Å². The molecule has 2 aromatic rings. The molecule has 1 unspecified atom stereocenters. The smallest absolute Gasteiger partial charge is 0.254 e. The van der Waals surface area contributed by atoms with E-state index in [0.717, 1.165) is 24.5 Å². The molecular formula is C24H28N4O3. The summed E-state index contributed by atoms with van der Waals surface area (Å²) in [4.78, 5) is 20.3. The van der Waals surface area contributed by atoms with Gasteiger partial charge < -0.3 is 19.7 Å². The summed E-state index contributed by atoms with van der Waals surface area (Å²) in [5, 5.41) is 7.33. The van der Waals surface area contributed by atoms with E-state index in [0.29, 0.717) is 30.2 Å². The van der Waals surface area contributed by atoms with E-state index in [9.17, 15) is 4.79 Å². The van der Waals surface area contributed by atoms with Crippen LogP contribution in [0.1, 0.15) is 43.1 Å². The van der Waals surface area contributed by atoms with Gasteiger partial charge in [0.2, 0.25) is 6.79 Å². The number of carbonyl (C=O) groups is 1. The van der Waals surface area contributed by atoms with Crippen molar-refractivity contribution in [2.45, 2.75) is 44.8 Å². The van der Waals surface area contributed by atoms with E-state index in [-0.39, 0.29) is 18.2 Å². The number of para-hydroxylation sites is 1. The van der Waals surface area contributed by atoms with E-state index in [4.69, 9.17) is 14.5 Å². The Morgan fingerprint density at radius 3 is 2.77 bits per heavy atom. The zero-order valence-corrected chi connectivity index (χ0v) is 18.2. The third kappa shape index (κ3) is 3.74. The predicted octanol–water partition coefficient (Wildman–Crippen LogP) is 3.41. The summed E-state index contributed by atoms with van der Waals surface area (Å²) in [6.45, 7) is 8.41. The van der Waals surface area contributed by atoms with E-state index < -0.39 is 5.54 Å². The van der Waals surface area contributed by atoms with Gasteiger partial charge in [0.05, 0.1) is 11.1 Å². The molecule has 0 radical (unpaired) electrons. The van der Waals surface area contributed by atoms with Crippen molar-refractivity contribution in [3.05, 3.63) is 53.6 Å². The van der Waals surface area contributed by atoms with Crippen LogP contribution in [0.2, 0.25) is 0 Å². The molecule has 1 atom stereocenters. The highest BCUT2D eigenvalue weighted by molar-refractivity contribution is 6.05. The Hall–Kier alpha value is -3.06. The molecule has 2 N–H and O–H groups in total. The highest BCUT2D eigenvalue weighted by Gasteiger charge is 2.46. The minimum Gasteiger partial charge on any atom is -0.454 e. The Labute approximate surface area is 182 Å². The van der Waals surface area contributed by atoms with Crippen LogP contribution in [0.15, 0.2) is 47.5 Å². The monoisotopic (exact) mass is 420 g/mol. The minimum absolute atomic E-state index is 0.00570. The lowest BCUT2D eigenvalue weighted by atomic mass is 9.95. The minimum atomic E-state index is -0.418. The maximum Gasteiger partial charge on any atom is 0.254 e. The summed E-state index contributed by atoms with van der Waals surface area (Å²) in [7, 11) is 0. The number of likely N-dealkylation sites (tertiary alicyclic amines) is 1. The molecule has 5 rings (SSSR count). The first-order valence-electron chi connectivity index (χ1n) is 10.7. The molecule has 1 fully saturated rings. The Morgan fingerprint density at radius 1 is 1.13 bits per heavy atom. The summed E-state index contributed by atoms with van der Waals surface area (Å²) in [6, 6.07) is 13.7. The molecular weight excluding hydrogens is 392 g/mol. The number of hydrogen-bond acceptors (Lipinski definition) is 5. The maximum absolute atomic E-state index is 13.3. The predicted molar refractivity (Wildman–Crippen MR) is 120 cm³/mol. The lowest BCUT2D eigenvalue weighted by molar-refractivity contribution is 0.0785. The van der Waals surface area contributed by atoms with Crippen molar-refractivity contribution in [3.63, 3.8) is 0 Å². The fourth-order valence-electron chi connectivity index (χ4n) is 4.39. The van der Waals surface area contributed by atoms with Crippen molar-refractivity contribution in [1.29, 1.82) is 0 Å². The lowest BCUT2D eigenvalue weighted by Crippen LogP contribution is -2.56. The molecule has 0 aromatic heterocycles. The third-order valence-corrected chi connectivity index (χ3v) is 5.96. The average molecular weight is 421 g/mol. The molecule has 162 valence electrons. The molecule has 7 heteroatoms. The first-order chi connectivity index (χ1) is 14.8. The number of amidine groups is 1. The van der Waals surface area contributed by atoms with Crippen LogP contribution < -0.4 is 20.1 Å². The summed E-state index contributed by atoms with van der Waals surface area (Å²) >= 11 is 0. The van der Waals surface area contributed by atoms with E-state index in [1.54, 1.807) is 18.2 Å². The van der Waals surface area contributed by atoms with Gasteiger partial charge in [-0.3, -0.25) is 15.1 Å². The highest BCUT2D eigenvalue weighted by atomic mass is 16.7. The topological polar surface area (TPSA) is 75.2 Å². The fraction of sp³-hybridized carbons (Fsp3) is 0.417. The lowest BCUT2D eigenvalue weighted by Gasteiger charge is -2.32. The summed E-state index contributed by atoms with van der Waals surface area (Å²) < 4.78 is 10.8. The van der Waals surface area contributed by atoms with E-state index in [2.05, 4.69) is 43.5 Å². The second-order valence-corrected chi connectivity index (χ2v) is 9.39. The molecule has 0 saturated carbocycles. The van der Waals surface area contributed by atoms with Gasteiger partial charge in [-0.2, -0.15) is 0 Å². The largest absolute Gasteiger partial charge is 0.454 e. The molecule has 0 bridgehead atoms. The normalized spacial score (nSPS) is 23.6. The molecule has 31 heavy (non-hydrogen) atoms. The van der Waals surface area contributed by atoms with Crippen molar-refractivity contribution in [2.75, 3.05) is 25.2 Å². The number of ether oxygens (including phenoxy) is 2. The van der Waals surface area contributed by atoms with E-state index >= 15 is 0 Å². The zero-order chi connectivity index (χ0) is 21.6. The Bertz CT molecular complexity index is 1060. The van der Waals surface area contributed by atoms with Gasteiger partial charge in [0.25, 0.3) is 5.91 Å². The number of amides is 1. The fourth-order valence-corrected chi connectivity index (χ4v) is 4.39. The SMILES string of the molecule is CC(C)(C)N=C1Nc2ccccc2CNC12CCN(C(=O)c1ccc3c(c1)OCO3)C2. The number of nitrogens with one attached hydrogen (secondary N) is 2. The van der Waals surface area contributed by atoms with Gasteiger partial charge in [-0.25, -0.2) is 0 Å². The summed E-state index contributed by atoms with van der Waals surface area (Å²) in [5.74, 6) is 2.20. The van der Waals surface area contributed by atoms with Gasteiger partial charge in [-0.05, 0) is 57.0 Å². The van der Waals surface area contributed by atoms with E-state index in [1.165, 1.54) is 5.56 Å². The van der Waals surface area contributed by atoms with Crippen LogP contribution in [0.3, 0.4) is 0 Å². The van der Waals surface area contributed by atoms with Gasteiger partial charge >= 0.3 is 0 Å². The number of carbonyl (C=O) groups excluding carboxylic acids is 1. The Balaban J connectivity index is 1.44. The summed E-state index contributed by atoms with van der Waals surface area (Å²) in [6.07, 6.45) is 0.791. The highest BCUT2D eigenvalue weighted by Crippen LogP contribution is 2.35. The number of rotatable bonds is 1. The Morgan fingerprint density at radius 2 is 1.94 bits per heavy atom. The molecule has 0 aliphatic carbocycles. The maximum atomic E-state index is 13.3. The number of fused-ring (bicyclic) bond motifs is 2. The van der Waals surface area contributed by atoms with Crippen molar-refractivity contribution < 1.29 is 14.3 Å². The number of hydrogen-bond donors (Lipinski definition) is 2. The van der Waals surface area contributed by atoms with Crippen LogP contribution in [0.5, 0.6) is 11.5 Å². The number of benzene rings is 2. The van der Waals surface area contributed by atoms with E-state index in [1.807, 2.05) is 17.0 Å². The van der Waals surface area contributed by atoms with Crippen molar-refractivity contribution in [1.82, 2.24) is 10.2 Å². The quantitative estimate of drug-likeness (QED) is 0.740. The second-order valence-electron chi connectivity index (χ2n) is 9.39. The first kappa shape index (κ1) is 19.9. The molecule has 3 heterocycles. The zero-order valence-electron chi connectivity index (χ0n) is 18.2. The molecule has 7 nitrogen and oxygen atoms in total. The van der Waals surface area contributed by atoms with Gasteiger partial charge in [-0.1, -0.05) is 18.2 Å². The van der Waals surface area contributed by atoms with Gasteiger partial charge in [0.15, 0.2) is 11.5 Å². The van der Waals surface area contributed by atoms with Gasteiger partial charge in [0, 0.05) is 30.9 Å². The van der Waals surface area contributed by atoms with Crippen molar-refractivity contribution in [2.24, 2.45) is 4.99 Å². The number of aliphatic imine (C=N–C) groups is 1. The average Bonchev–Trinajstić information content (AvgIpc) is 3.35. The van der Waals surface area contributed by atoms with Gasteiger partial charge in [0.1, 0.15) is 5.84 Å². The number of anilines is 1. The molecule has 3 aliphatic rings. The van der Waals surface area contributed by atoms with Crippen molar-refractivity contribution in [3.8, 4) is 11.5 Å². The third-order valence-electron chi connectivity index (χ3n) is 5.96. The second kappa shape index (κ2) is 7.27. The first-order valence-corrected chi connectivity index (χ1v) is 10.7. The number of nitrogens with zero attached hydrogens (tertiary/aromatic N) is 2. The molecule has 3 aliphatic heterocycles. The van der Waals surface area contributed by atoms with Crippen LogP contribution in [-0.2, 0) is 6.54 Å². The standard InChI is InChI=1S/C24H28N4O3/c1-23(2,3)27-22-24(25-13-17-6-4-5-7-18(17)26-22)10-11-28(14-24)21(29)16-8-9-19-20(12-16)31-15-30-19/h4-9,12,25H,10-11,13-15H2,1-3H3,(H,26,27). The molecule has 2 aromatic carbocycles. The molecule has 1 amide bonds. The Kier molecular flexibility index (Phi) is 4.66. The van der Waals surface area contributed by atoms with Crippen molar-refractivity contribution >= 4 is 17.4 Å². The molecule has 1 saturated heterocycles. The van der Waals surface area contributed by atoms with Crippen LogP contribution in [0, 0.1) is 0 Å². The van der Waals surface area contributed by atoms with Crippen LogP contribution >= 0.6 is 0 Å². The van der Waals surface area contributed by atoms with Crippen LogP contribution in [-0.4, -0.2) is 47.6 Å². The van der Waals surface area contributed by atoms with Gasteiger partial charge in [-0.15, -0.1) is 0 Å².